The van der Waals surface area contributed by atoms with Crippen molar-refractivity contribution in [1.29, 1.82) is 0 Å². The Kier molecular flexibility index (Phi) is 3.60. The summed E-state index contributed by atoms with van der Waals surface area (Å²) in [6, 6.07) is 10.3. The standard InChI is InChI=1S/C17H18N2O2/c1-11-9-13(7-8-18-11)12-5-6-15-14(10-12)3-2-4-16(15)19-17(20)21/h5-10,16,19H,2-4H2,1H3,(H,20,21). The summed E-state index contributed by atoms with van der Waals surface area (Å²) < 4.78 is 0. The Balaban J connectivity index is 1.96. The highest BCUT2D eigenvalue weighted by Crippen LogP contribution is 2.33. The number of hydrogen-bond donors (Lipinski definition) is 2. The van der Waals surface area contributed by atoms with Crippen molar-refractivity contribution in [2.45, 2.75) is 32.2 Å². The van der Waals surface area contributed by atoms with Gasteiger partial charge in [0.15, 0.2) is 0 Å². The molecular weight excluding hydrogens is 264 g/mol. The van der Waals surface area contributed by atoms with Gasteiger partial charge in [0, 0.05) is 11.9 Å². The molecule has 1 aliphatic rings. The maximum atomic E-state index is 10.9. The van der Waals surface area contributed by atoms with Crippen LogP contribution in [0.5, 0.6) is 0 Å². The van der Waals surface area contributed by atoms with Crippen LogP contribution in [-0.2, 0) is 6.42 Å². The number of pyridine rings is 1. The van der Waals surface area contributed by atoms with Gasteiger partial charge in [0.05, 0.1) is 6.04 Å². The van der Waals surface area contributed by atoms with Crippen molar-refractivity contribution in [2.75, 3.05) is 0 Å². The molecule has 3 rings (SSSR count). The van der Waals surface area contributed by atoms with Crippen molar-refractivity contribution >= 4 is 6.09 Å². The van der Waals surface area contributed by atoms with Crippen LogP contribution >= 0.6 is 0 Å². The normalized spacial score (nSPS) is 17.1. The fourth-order valence-electron chi connectivity index (χ4n) is 3.02. The summed E-state index contributed by atoms with van der Waals surface area (Å²) in [4.78, 5) is 15.1. The van der Waals surface area contributed by atoms with Crippen LogP contribution in [0, 0.1) is 6.92 Å². The van der Waals surface area contributed by atoms with Gasteiger partial charge in [-0.2, -0.15) is 0 Å². The van der Waals surface area contributed by atoms with Gasteiger partial charge < -0.3 is 10.4 Å². The quantitative estimate of drug-likeness (QED) is 0.882. The molecule has 0 radical (unpaired) electrons. The van der Waals surface area contributed by atoms with E-state index in [1.165, 1.54) is 5.56 Å². The predicted octanol–water partition coefficient (Wildman–Crippen LogP) is 3.70. The van der Waals surface area contributed by atoms with E-state index in [0.717, 1.165) is 41.6 Å². The van der Waals surface area contributed by atoms with Crippen molar-refractivity contribution < 1.29 is 9.90 Å². The largest absolute Gasteiger partial charge is 0.465 e. The molecule has 21 heavy (non-hydrogen) atoms. The summed E-state index contributed by atoms with van der Waals surface area (Å²) >= 11 is 0. The Morgan fingerprint density at radius 2 is 2.10 bits per heavy atom. The summed E-state index contributed by atoms with van der Waals surface area (Å²) in [7, 11) is 0. The van der Waals surface area contributed by atoms with Crippen molar-refractivity contribution in [3.05, 3.63) is 53.3 Å². The first-order valence-electron chi connectivity index (χ1n) is 7.19. The van der Waals surface area contributed by atoms with Crippen LogP contribution in [0.4, 0.5) is 4.79 Å². The van der Waals surface area contributed by atoms with E-state index in [2.05, 4.69) is 34.6 Å². The zero-order chi connectivity index (χ0) is 14.8. The number of benzene rings is 1. The van der Waals surface area contributed by atoms with Crippen molar-refractivity contribution in [1.82, 2.24) is 10.3 Å². The third-order valence-electron chi connectivity index (χ3n) is 3.98. The number of aryl methyl sites for hydroxylation is 2. The van der Waals surface area contributed by atoms with Crippen molar-refractivity contribution in [3.63, 3.8) is 0 Å². The summed E-state index contributed by atoms with van der Waals surface area (Å²) in [5.74, 6) is 0. The Morgan fingerprint density at radius 1 is 1.29 bits per heavy atom. The number of fused-ring (bicyclic) bond motifs is 1. The molecule has 0 spiro atoms. The number of amides is 1. The minimum absolute atomic E-state index is 0.0838. The molecule has 0 aliphatic heterocycles. The maximum Gasteiger partial charge on any atom is 0.405 e. The van der Waals surface area contributed by atoms with E-state index in [9.17, 15) is 4.79 Å². The minimum Gasteiger partial charge on any atom is -0.465 e. The third kappa shape index (κ3) is 2.89. The van der Waals surface area contributed by atoms with E-state index < -0.39 is 6.09 Å². The SMILES string of the molecule is Cc1cc(-c2ccc3c(c2)CCCC3NC(=O)O)ccn1. The fourth-order valence-corrected chi connectivity index (χ4v) is 3.02. The highest BCUT2D eigenvalue weighted by molar-refractivity contribution is 5.67. The molecule has 0 saturated heterocycles. The topological polar surface area (TPSA) is 62.2 Å². The highest BCUT2D eigenvalue weighted by atomic mass is 16.4. The molecule has 1 unspecified atom stereocenters. The number of nitrogens with zero attached hydrogens (tertiary/aromatic N) is 1. The van der Waals surface area contributed by atoms with Gasteiger partial charge in [-0.3, -0.25) is 4.98 Å². The van der Waals surface area contributed by atoms with Crippen LogP contribution in [0.1, 0.15) is 35.7 Å². The van der Waals surface area contributed by atoms with Gasteiger partial charge in [-0.15, -0.1) is 0 Å². The maximum absolute atomic E-state index is 10.9. The summed E-state index contributed by atoms with van der Waals surface area (Å²) in [6.07, 6.45) is 3.75. The van der Waals surface area contributed by atoms with Crippen LogP contribution in [0.3, 0.4) is 0 Å². The van der Waals surface area contributed by atoms with Gasteiger partial charge in [0.25, 0.3) is 0 Å². The summed E-state index contributed by atoms with van der Waals surface area (Å²) in [5.41, 5.74) is 5.66. The molecule has 4 heteroatoms. The molecule has 0 bridgehead atoms. The number of hydrogen-bond acceptors (Lipinski definition) is 2. The Labute approximate surface area is 123 Å². The summed E-state index contributed by atoms with van der Waals surface area (Å²) in [5, 5.41) is 11.5. The Morgan fingerprint density at radius 3 is 2.86 bits per heavy atom. The molecule has 2 N–H and O–H groups in total. The van der Waals surface area contributed by atoms with E-state index in [-0.39, 0.29) is 6.04 Å². The molecule has 1 amide bonds. The van der Waals surface area contributed by atoms with Gasteiger partial charge in [0.1, 0.15) is 0 Å². The lowest BCUT2D eigenvalue weighted by Crippen LogP contribution is -2.29. The van der Waals surface area contributed by atoms with Crippen LogP contribution in [-0.4, -0.2) is 16.2 Å². The molecule has 1 aromatic heterocycles. The second-order valence-corrected chi connectivity index (χ2v) is 5.49. The number of carbonyl (C=O) groups is 1. The van der Waals surface area contributed by atoms with Crippen LogP contribution < -0.4 is 5.32 Å². The van der Waals surface area contributed by atoms with E-state index in [1.54, 1.807) is 0 Å². The van der Waals surface area contributed by atoms with E-state index >= 15 is 0 Å². The smallest absolute Gasteiger partial charge is 0.405 e. The Bertz CT molecular complexity index is 682. The molecule has 108 valence electrons. The van der Waals surface area contributed by atoms with Crippen LogP contribution in [0.15, 0.2) is 36.5 Å². The van der Waals surface area contributed by atoms with Gasteiger partial charge in [-0.1, -0.05) is 18.2 Å². The van der Waals surface area contributed by atoms with E-state index in [1.807, 2.05) is 19.2 Å². The van der Waals surface area contributed by atoms with Gasteiger partial charge in [-0.25, -0.2) is 4.79 Å². The Hall–Kier alpha value is -2.36. The number of nitrogens with one attached hydrogen (secondary N) is 1. The summed E-state index contributed by atoms with van der Waals surface area (Å²) in [6.45, 7) is 1.98. The van der Waals surface area contributed by atoms with Crippen molar-refractivity contribution in [2.24, 2.45) is 0 Å². The molecule has 1 heterocycles. The van der Waals surface area contributed by atoms with Crippen LogP contribution in [0.25, 0.3) is 11.1 Å². The van der Waals surface area contributed by atoms with Gasteiger partial charge >= 0.3 is 6.09 Å². The third-order valence-corrected chi connectivity index (χ3v) is 3.98. The molecule has 1 aromatic carbocycles. The van der Waals surface area contributed by atoms with Crippen LogP contribution in [0.2, 0.25) is 0 Å². The number of aromatic nitrogens is 1. The van der Waals surface area contributed by atoms with E-state index in [4.69, 9.17) is 5.11 Å². The van der Waals surface area contributed by atoms with Gasteiger partial charge in [0.2, 0.25) is 0 Å². The number of rotatable bonds is 2. The lowest BCUT2D eigenvalue weighted by Gasteiger charge is -2.26. The lowest BCUT2D eigenvalue weighted by molar-refractivity contribution is 0.188. The monoisotopic (exact) mass is 282 g/mol. The van der Waals surface area contributed by atoms with E-state index in [0.29, 0.717) is 0 Å². The zero-order valence-electron chi connectivity index (χ0n) is 12.0. The molecule has 1 aliphatic carbocycles. The molecular formula is C17H18N2O2. The first-order chi connectivity index (χ1) is 10.1. The second-order valence-electron chi connectivity index (χ2n) is 5.49. The highest BCUT2D eigenvalue weighted by Gasteiger charge is 2.21. The zero-order valence-corrected chi connectivity index (χ0v) is 12.0. The average Bonchev–Trinajstić information content (AvgIpc) is 2.46. The molecule has 4 nitrogen and oxygen atoms in total. The first kappa shape index (κ1) is 13.6. The second kappa shape index (κ2) is 5.56. The molecule has 2 aromatic rings. The first-order valence-corrected chi connectivity index (χ1v) is 7.19. The fraction of sp³-hybridized carbons (Fsp3) is 0.294. The predicted molar refractivity (Wildman–Crippen MR) is 81.2 cm³/mol. The number of carboxylic acid groups (broad SMARTS) is 1. The average molecular weight is 282 g/mol. The van der Waals surface area contributed by atoms with Gasteiger partial charge in [-0.05, 0) is 60.6 Å². The molecule has 0 fully saturated rings. The molecule has 0 saturated carbocycles. The lowest BCUT2D eigenvalue weighted by atomic mass is 9.86. The van der Waals surface area contributed by atoms with Crippen molar-refractivity contribution in [3.8, 4) is 11.1 Å². The minimum atomic E-state index is -0.957. The molecule has 1 atom stereocenters.